The Kier molecular flexibility index (Phi) is 8.91. The van der Waals surface area contributed by atoms with E-state index in [1.165, 1.54) is 5.56 Å². The Bertz CT molecular complexity index is 730. The van der Waals surface area contributed by atoms with Crippen molar-refractivity contribution in [1.29, 1.82) is 0 Å². The lowest BCUT2D eigenvalue weighted by molar-refractivity contribution is -0.139. The molecule has 0 N–H and O–H groups in total. The maximum Gasteiger partial charge on any atom is 0.333 e. The molecule has 0 heterocycles. The van der Waals surface area contributed by atoms with Crippen LogP contribution in [-0.2, 0) is 9.53 Å². The number of rotatable bonds is 11. The topological polar surface area (TPSA) is 35.5 Å². The van der Waals surface area contributed by atoms with Gasteiger partial charge in [0.2, 0.25) is 0 Å². The van der Waals surface area contributed by atoms with Crippen LogP contribution in [0.1, 0.15) is 43.7 Å². The van der Waals surface area contributed by atoms with E-state index in [1.54, 1.807) is 6.92 Å². The molecule has 0 unspecified atom stereocenters. The van der Waals surface area contributed by atoms with Crippen LogP contribution in [0.25, 0.3) is 12.2 Å². The molecule has 0 spiro atoms. The van der Waals surface area contributed by atoms with Gasteiger partial charge in [-0.05, 0) is 55.9 Å². The van der Waals surface area contributed by atoms with Gasteiger partial charge < -0.3 is 9.47 Å². The standard InChI is InChI=1S/C24H28O3/c1-20(2)24(25)27-19-9-4-3-8-18-26-23-16-14-22(15-17-23)13-12-21-10-6-5-7-11-21/h5-7,10-17H,1,3-4,8-9,18-19H2,2H3/b13-12+. The third-order valence-electron chi connectivity index (χ3n) is 4.04. The number of hydrogen-bond donors (Lipinski definition) is 0. The molecule has 0 aliphatic rings. The summed E-state index contributed by atoms with van der Waals surface area (Å²) >= 11 is 0. The highest BCUT2D eigenvalue weighted by molar-refractivity contribution is 5.86. The summed E-state index contributed by atoms with van der Waals surface area (Å²) in [4.78, 5) is 11.2. The van der Waals surface area contributed by atoms with Gasteiger partial charge in [-0.25, -0.2) is 4.79 Å². The minimum absolute atomic E-state index is 0.305. The monoisotopic (exact) mass is 364 g/mol. The minimum Gasteiger partial charge on any atom is -0.494 e. The fourth-order valence-corrected chi connectivity index (χ4v) is 2.47. The molecular formula is C24H28O3. The van der Waals surface area contributed by atoms with E-state index in [0.29, 0.717) is 18.8 Å². The highest BCUT2D eigenvalue weighted by Crippen LogP contribution is 2.15. The van der Waals surface area contributed by atoms with Crippen LogP contribution in [0.5, 0.6) is 5.75 Å². The Morgan fingerprint density at radius 2 is 1.44 bits per heavy atom. The number of hydrogen-bond acceptors (Lipinski definition) is 3. The zero-order valence-electron chi connectivity index (χ0n) is 16.0. The first kappa shape index (κ1) is 20.5. The van der Waals surface area contributed by atoms with Gasteiger partial charge in [0, 0.05) is 5.57 Å². The van der Waals surface area contributed by atoms with Crippen molar-refractivity contribution in [3.8, 4) is 5.75 Å². The van der Waals surface area contributed by atoms with Gasteiger partial charge >= 0.3 is 5.97 Å². The summed E-state index contributed by atoms with van der Waals surface area (Å²) in [5, 5.41) is 0. The summed E-state index contributed by atoms with van der Waals surface area (Å²) < 4.78 is 10.8. The summed E-state index contributed by atoms with van der Waals surface area (Å²) in [5.74, 6) is 0.586. The molecule has 2 aromatic carbocycles. The zero-order chi connectivity index (χ0) is 19.3. The molecule has 3 heteroatoms. The van der Waals surface area contributed by atoms with Gasteiger partial charge in [-0.2, -0.15) is 0 Å². The van der Waals surface area contributed by atoms with Gasteiger partial charge in [0.15, 0.2) is 0 Å². The van der Waals surface area contributed by atoms with Crippen molar-refractivity contribution in [2.75, 3.05) is 13.2 Å². The third kappa shape index (κ3) is 8.41. The summed E-state index contributed by atoms with van der Waals surface area (Å²) in [7, 11) is 0. The van der Waals surface area contributed by atoms with Crippen LogP contribution in [0.4, 0.5) is 0 Å². The molecule has 0 atom stereocenters. The molecule has 27 heavy (non-hydrogen) atoms. The predicted octanol–water partition coefficient (Wildman–Crippen LogP) is 5.92. The van der Waals surface area contributed by atoms with Crippen molar-refractivity contribution in [3.63, 3.8) is 0 Å². The number of carbonyl (C=O) groups is 1. The summed E-state index contributed by atoms with van der Waals surface area (Å²) in [6.07, 6.45) is 8.15. The van der Waals surface area contributed by atoms with Crippen LogP contribution in [0.3, 0.4) is 0 Å². The Hall–Kier alpha value is -2.81. The fraction of sp³-hybridized carbons (Fsp3) is 0.292. The van der Waals surface area contributed by atoms with E-state index in [2.05, 4.69) is 43.0 Å². The average molecular weight is 364 g/mol. The van der Waals surface area contributed by atoms with E-state index in [1.807, 2.05) is 30.3 Å². The summed E-state index contributed by atoms with van der Waals surface area (Å²) in [6.45, 7) is 6.38. The molecule has 3 nitrogen and oxygen atoms in total. The van der Waals surface area contributed by atoms with Gasteiger partial charge in [0.05, 0.1) is 13.2 Å². The molecule has 0 saturated carbocycles. The van der Waals surface area contributed by atoms with Crippen LogP contribution in [0, 0.1) is 0 Å². The van der Waals surface area contributed by atoms with Crippen molar-refractivity contribution >= 4 is 18.1 Å². The molecule has 2 rings (SSSR count). The highest BCUT2D eigenvalue weighted by atomic mass is 16.5. The van der Waals surface area contributed by atoms with Crippen molar-refractivity contribution in [1.82, 2.24) is 0 Å². The van der Waals surface area contributed by atoms with E-state index in [-0.39, 0.29) is 5.97 Å². The second kappa shape index (κ2) is 11.7. The zero-order valence-corrected chi connectivity index (χ0v) is 16.0. The largest absolute Gasteiger partial charge is 0.494 e. The molecule has 0 amide bonds. The molecule has 0 aromatic heterocycles. The number of esters is 1. The Morgan fingerprint density at radius 3 is 2.07 bits per heavy atom. The second-order valence-corrected chi connectivity index (χ2v) is 6.49. The normalized spacial score (nSPS) is 10.7. The lowest BCUT2D eigenvalue weighted by Crippen LogP contribution is -2.06. The summed E-state index contributed by atoms with van der Waals surface area (Å²) in [6, 6.07) is 18.4. The average Bonchev–Trinajstić information content (AvgIpc) is 2.69. The molecule has 0 saturated heterocycles. The third-order valence-corrected chi connectivity index (χ3v) is 4.04. The molecule has 2 aromatic rings. The van der Waals surface area contributed by atoms with Crippen LogP contribution in [0.2, 0.25) is 0 Å². The molecule has 0 bridgehead atoms. The lowest BCUT2D eigenvalue weighted by atomic mass is 10.1. The van der Waals surface area contributed by atoms with E-state index in [0.717, 1.165) is 37.0 Å². The molecular weight excluding hydrogens is 336 g/mol. The van der Waals surface area contributed by atoms with Crippen molar-refractivity contribution in [2.24, 2.45) is 0 Å². The highest BCUT2D eigenvalue weighted by Gasteiger charge is 2.01. The van der Waals surface area contributed by atoms with Gasteiger partial charge in [-0.1, -0.05) is 61.2 Å². The van der Waals surface area contributed by atoms with Crippen LogP contribution in [-0.4, -0.2) is 19.2 Å². The van der Waals surface area contributed by atoms with Crippen molar-refractivity contribution in [2.45, 2.75) is 32.6 Å². The first-order chi connectivity index (χ1) is 13.1. The van der Waals surface area contributed by atoms with Gasteiger partial charge in [-0.3, -0.25) is 0 Å². The first-order valence-corrected chi connectivity index (χ1v) is 9.44. The maximum atomic E-state index is 11.2. The Balaban J connectivity index is 1.58. The minimum atomic E-state index is -0.305. The quantitative estimate of drug-likeness (QED) is 0.215. The fourth-order valence-electron chi connectivity index (χ4n) is 2.47. The van der Waals surface area contributed by atoms with E-state index >= 15 is 0 Å². The number of ether oxygens (including phenoxy) is 2. The van der Waals surface area contributed by atoms with Crippen LogP contribution < -0.4 is 4.74 Å². The second-order valence-electron chi connectivity index (χ2n) is 6.49. The van der Waals surface area contributed by atoms with Crippen molar-refractivity contribution < 1.29 is 14.3 Å². The molecule has 142 valence electrons. The van der Waals surface area contributed by atoms with Gasteiger partial charge in [0.1, 0.15) is 5.75 Å². The lowest BCUT2D eigenvalue weighted by Gasteiger charge is -2.07. The number of carbonyl (C=O) groups excluding carboxylic acids is 1. The molecule has 0 aliphatic carbocycles. The molecule has 0 aliphatic heterocycles. The van der Waals surface area contributed by atoms with Crippen LogP contribution in [0.15, 0.2) is 66.7 Å². The number of benzene rings is 2. The van der Waals surface area contributed by atoms with E-state index in [4.69, 9.17) is 9.47 Å². The molecule has 0 fully saturated rings. The maximum absolute atomic E-state index is 11.2. The van der Waals surface area contributed by atoms with Gasteiger partial charge in [-0.15, -0.1) is 0 Å². The van der Waals surface area contributed by atoms with Crippen LogP contribution >= 0.6 is 0 Å². The Labute approximate surface area is 162 Å². The molecule has 0 radical (unpaired) electrons. The van der Waals surface area contributed by atoms with Crippen molar-refractivity contribution in [3.05, 3.63) is 77.9 Å². The Morgan fingerprint density at radius 1 is 0.852 bits per heavy atom. The van der Waals surface area contributed by atoms with E-state index in [9.17, 15) is 4.79 Å². The smallest absolute Gasteiger partial charge is 0.333 e. The SMILES string of the molecule is C=C(C)C(=O)OCCCCCCOc1ccc(/C=C/c2ccccc2)cc1. The van der Waals surface area contributed by atoms with Gasteiger partial charge in [0.25, 0.3) is 0 Å². The first-order valence-electron chi connectivity index (χ1n) is 9.44. The number of unbranched alkanes of at least 4 members (excludes halogenated alkanes) is 3. The summed E-state index contributed by atoms with van der Waals surface area (Å²) in [5.41, 5.74) is 2.78. The van der Waals surface area contributed by atoms with E-state index < -0.39 is 0 Å². The predicted molar refractivity (Wildman–Crippen MR) is 112 cm³/mol.